The second-order valence-electron chi connectivity index (χ2n) is 17.8. The van der Waals surface area contributed by atoms with E-state index < -0.39 is 11.8 Å². The Labute approximate surface area is 367 Å². The van der Waals surface area contributed by atoms with E-state index in [1.807, 2.05) is 30.9 Å². The lowest BCUT2D eigenvalue weighted by atomic mass is 10.00. The first kappa shape index (κ1) is 40.5. The smallest absolute Gasteiger partial charge is 0.232 e. The van der Waals surface area contributed by atoms with Gasteiger partial charge in [-0.15, -0.1) is 0 Å². The van der Waals surface area contributed by atoms with E-state index in [9.17, 15) is 8.78 Å². The van der Waals surface area contributed by atoms with Crippen LogP contribution in [0.4, 0.5) is 32.6 Å². The first-order chi connectivity index (χ1) is 31.0. The molecule has 1 N–H and O–H groups in total. The molecule has 7 aromatic rings. The lowest BCUT2D eigenvalue weighted by Crippen LogP contribution is -2.39. The summed E-state index contributed by atoms with van der Waals surface area (Å²) >= 11 is 0. The van der Waals surface area contributed by atoms with Crippen molar-refractivity contribution in [3.63, 3.8) is 0 Å². The third-order valence-electron chi connectivity index (χ3n) is 12.5. The zero-order valence-corrected chi connectivity index (χ0v) is 36.4. The molecule has 3 aliphatic heterocycles. The molecular weight excluding hydrogens is 823 g/mol. The molecule has 332 valence electrons. The van der Waals surface area contributed by atoms with Gasteiger partial charge in [-0.3, -0.25) is 4.98 Å². The van der Waals surface area contributed by atoms with Crippen LogP contribution in [0, 0.1) is 19.7 Å². The molecule has 0 spiro atoms. The van der Waals surface area contributed by atoms with Crippen LogP contribution >= 0.6 is 0 Å². The maximum atomic E-state index is 14.4. The highest BCUT2D eigenvalue weighted by atomic mass is 19.1. The normalized spacial score (nSPS) is 19.4. The molecule has 1 aliphatic carbocycles. The van der Waals surface area contributed by atoms with Gasteiger partial charge in [0.15, 0.2) is 11.3 Å². The molecule has 9 heterocycles. The maximum Gasteiger partial charge on any atom is 0.232 e. The molecular formula is C44H50F2N16O2. The van der Waals surface area contributed by atoms with Crippen molar-refractivity contribution in [1.82, 2.24) is 59.1 Å². The number of nitrogens with one attached hydrogen (secondary N) is 1. The predicted molar refractivity (Wildman–Crippen MR) is 236 cm³/mol. The summed E-state index contributed by atoms with van der Waals surface area (Å²) in [6, 6.07) is 8.19. The summed E-state index contributed by atoms with van der Waals surface area (Å²) in [5.41, 5.74) is 7.76. The Morgan fingerprint density at radius 3 is 2.16 bits per heavy atom. The van der Waals surface area contributed by atoms with Gasteiger partial charge in [0.05, 0.1) is 65.3 Å². The van der Waals surface area contributed by atoms with E-state index in [0.717, 1.165) is 54.9 Å². The van der Waals surface area contributed by atoms with Crippen LogP contribution in [0.15, 0.2) is 30.3 Å². The molecule has 0 bridgehead atoms. The van der Waals surface area contributed by atoms with Crippen molar-refractivity contribution in [3.05, 3.63) is 58.9 Å². The number of benzene rings is 1. The number of hydrogen-bond donors (Lipinski definition) is 1. The topological polar surface area (TPSA) is 178 Å². The largest absolute Gasteiger partial charge is 0.378 e. The third-order valence-corrected chi connectivity index (χ3v) is 12.5. The van der Waals surface area contributed by atoms with Crippen molar-refractivity contribution in [2.45, 2.75) is 84.1 Å². The summed E-state index contributed by atoms with van der Waals surface area (Å²) in [5.74, 6) is 1.79. The van der Waals surface area contributed by atoms with E-state index in [1.54, 1.807) is 15.1 Å². The minimum Gasteiger partial charge on any atom is -0.378 e. The molecule has 18 nitrogen and oxygen atoms in total. The number of aromatic nitrogens is 12. The molecule has 4 aliphatic rings. The standard InChI is InChI=1S/C44H50F2N16O2/c1-25-38(50-31-8-6-5-7-30(31)48-25)34-20-36-52-41(59-13-11-28(46)22-59)54-40(61(36)56-34)47-24-44(3,4)64-29-12-14-60(23-29)42-53-37-21-35(57-62(37)43(55-42)58-15-17-63-18-16-58)39-26(2)49-32-10-9-27(45)19-33(32)51-39/h9-10,19-21,28-29H,5-8,11-18,22-24H2,1-4H3,(H,47,52,54)/t28-,29?/m1/s1. The molecule has 1 aromatic carbocycles. The quantitative estimate of drug-likeness (QED) is 0.191. The number of rotatable bonds is 10. The van der Waals surface area contributed by atoms with Crippen molar-refractivity contribution in [1.29, 1.82) is 0 Å². The van der Waals surface area contributed by atoms with Crippen molar-refractivity contribution in [2.75, 3.05) is 79.0 Å². The van der Waals surface area contributed by atoms with Gasteiger partial charge in [-0.2, -0.15) is 39.2 Å². The molecule has 2 atom stereocenters. The van der Waals surface area contributed by atoms with E-state index in [0.29, 0.717) is 128 Å². The maximum absolute atomic E-state index is 14.4. The molecule has 6 aromatic heterocycles. The third kappa shape index (κ3) is 7.75. The number of aryl methyl sites for hydroxylation is 4. The number of nitrogens with zero attached hydrogens (tertiary/aromatic N) is 15. The summed E-state index contributed by atoms with van der Waals surface area (Å²) in [6.07, 6.45) is 4.23. The van der Waals surface area contributed by atoms with Gasteiger partial charge in [-0.05, 0) is 78.4 Å². The number of alkyl halides is 1. The number of ether oxygens (including phenoxy) is 2. The summed E-state index contributed by atoms with van der Waals surface area (Å²) in [4.78, 5) is 45.5. The Morgan fingerprint density at radius 2 is 1.39 bits per heavy atom. The van der Waals surface area contributed by atoms with Crippen LogP contribution in [0.3, 0.4) is 0 Å². The van der Waals surface area contributed by atoms with Crippen molar-refractivity contribution >= 4 is 46.1 Å². The van der Waals surface area contributed by atoms with Gasteiger partial charge in [0, 0.05) is 57.5 Å². The Hall–Kier alpha value is -6.28. The summed E-state index contributed by atoms with van der Waals surface area (Å²) in [5, 5.41) is 13.4. The lowest BCUT2D eigenvalue weighted by Gasteiger charge is -2.30. The predicted octanol–water partition coefficient (Wildman–Crippen LogP) is 5.13. The molecule has 1 unspecified atom stereocenters. The molecule has 0 radical (unpaired) electrons. The number of anilines is 4. The zero-order valence-electron chi connectivity index (χ0n) is 36.4. The highest BCUT2D eigenvalue weighted by Gasteiger charge is 2.33. The number of fused-ring (bicyclic) bond motifs is 4. The minimum absolute atomic E-state index is 0.117. The van der Waals surface area contributed by atoms with Crippen LogP contribution in [0.5, 0.6) is 0 Å². The Kier molecular flexibility index (Phi) is 10.2. The number of hydrogen-bond acceptors (Lipinski definition) is 16. The van der Waals surface area contributed by atoms with E-state index in [4.69, 9.17) is 54.6 Å². The second kappa shape index (κ2) is 16.1. The van der Waals surface area contributed by atoms with E-state index in [1.165, 1.54) is 12.1 Å². The van der Waals surface area contributed by atoms with E-state index in [2.05, 4.69) is 33.9 Å². The summed E-state index contributed by atoms with van der Waals surface area (Å²) < 4.78 is 44.6. The summed E-state index contributed by atoms with van der Waals surface area (Å²) in [6.45, 7) is 12.8. The average Bonchev–Trinajstić information content (AvgIpc) is 4.12. The van der Waals surface area contributed by atoms with E-state index >= 15 is 0 Å². The van der Waals surface area contributed by atoms with E-state index in [-0.39, 0.29) is 18.5 Å². The highest BCUT2D eigenvalue weighted by Crippen LogP contribution is 2.31. The van der Waals surface area contributed by atoms with Gasteiger partial charge in [0.2, 0.25) is 23.8 Å². The molecule has 3 saturated heterocycles. The van der Waals surface area contributed by atoms with Gasteiger partial charge >= 0.3 is 0 Å². The van der Waals surface area contributed by atoms with Crippen LogP contribution in [0.2, 0.25) is 0 Å². The monoisotopic (exact) mass is 872 g/mol. The van der Waals surface area contributed by atoms with Crippen LogP contribution < -0.4 is 20.0 Å². The highest BCUT2D eigenvalue weighted by molar-refractivity contribution is 5.78. The number of halogens is 2. The summed E-state index contributed by atoms with van der Waals surface area (Å²) in [7, 11) is 0. The van der Waals surface area contributed by atoms with Crippen LogP contribution in [0.25, 0.3) is 45.1 Å². The second-order valence-corrected chi connectivity index (χ2v) is 17.8. The van der Waals surface area contributed by atoms with Crippen molar-refractivity contribution in [2.24, 2.45) is 0 Å². The Balaban J connectivity index is 0.840. The Bertz CT molecular complexity index is 2920. The van der Waals surface area contributed by atoms with Gasteiger partial charge in [0.25, 0.3) is 0 Å². The first-order valence-electron chi connectivity index (χ1n) is 22.3. The first-order valence-corrected chi connectivity index (χ1v) is 22.3. The molecule has 11 rings (SSSR count). The van der Waals surface area contributed by atoms with Gasteiger partial charge in [-0.1, -0.05) is 0 Å². The zero-order chi connectivity index (χ0) is 43.7. The molecule has 64 heavy (non-hydrogen) atoms. The average molecular weight is 873 g/mol. The fourth-order valence-electron chi connectivity index (χ4n) is 9.21. The molecule has 3 fully saturated rings. The minimum atomic E-state index is -0.929. The van der Waals surface area contributed by atoms with Crippen molar-refractivity contribution in [3.8, 4) is 22.8 Å². The fraction of sp³-hybridized carbons (Fsp3) is 0.500. The molecule has 0 amide bonds. The fourth-order valence-corrected chi connectivity index (χ4v) is 9.21. The van der Waals surface area contributed by atoms with Crippen molar-refractivity contribution < 1.29 is 18.3 Å². The van der Waals surface area contributed by atoms with Gasteiger partial charge < -0.3 is 29.5 Å². The molecule has 0 saturated carbocycles. The van der Waals surface area contributed by atoms with Crippen LogP contribution in [0.1, 0.15) is 62.3 Å². The van der Waals surface area contributed by atoms with Gasteiger partial charge in [-0.25, -0.2) is 23.7 Å². The lowest BCUT2D eigenvalue weighted by molar-refractivity contribution is -0.0529. The number of morpholine rings is 1. The molecule has 20 heteroatoms. The SMILES string of the molecule is Cc1nc2c(nc1-c1cc3nc(N4CC[C@@H](F)C4)nc(NCC(C)(C)OC4CCN(c5nc(N6CCOCC6)n6nc(-c7nc8cc(F)ccc8nc7C)cc6n5)C4)n3n1)CCCC2. The van der Waals surface area contributed by atoms with Crippen LogP contribution in [-0.4, -0.2) is 136 Å². The van der Waals surface area contributed by atoms with Gasteiger partial charge in [0.1, 0.15) is 34.8 Å². The Morgan fingerprint density at radius 1 is 0.719 bits per heavy atom. The van der Waals surface area contributed by atoms with Crippen LogP contribution in [-0.2, 0) is 22.3 Å².